The van der Waals surface area contributed by atoms with Crippen molar-refractivity contribution in [3.8, 4) is 0 Å². The van der Waals surface area contributed by atoms with Gasteiger partial charge in [0.25, 0.3) is 0 Å². The number of aliphatic carboxylic acids is 1. The summed E-state index contributed by atoms with van der Waals surface area (Å²) in [6.45, 7) is 15.2. The highest BCUT2D eigenvalue weighted by atomic mass is 35.5. The Kier molecular flexibility index (Phi) is 18.3. The van der Waals surface area contributed by atoms with Gasteiger partial charge in [-0.15, -0.1) is 24.8 Å². The summed E-state index contributed by atoms with van der Waals surface area (Å²) in [6.07, 6.45) is 2.87. The Morgan fingerprint density at radius 1 is 0.852 bits per heavy atom. The second-order valence-corrected chi connectivity index (χ2v) is 17.5. The van der Waals surface area contributed by atoms with Crippen LogP contribution in [0.4, 0.5) is 4.79 Å². The third-order valence-electron chi connectivity index (χ3n) is 11.7. The molecule has 6 fully saturated rings. The molecule has 0 aromatic heterocycles. The number of halogens is 2. The predicted octanol–water partition coefficient (Wildman–Crippen LogP) is 2.40. The quantitative estimate of drug-likeness (QED) is 0.150. The van der Waals surface area contributed by atoms with Crippen molar-refractivity contribution in [2.45, 2.75) is 144 Å². The van der Waals surface area contributed by atoms with Crippen molar-refractivity contribution < 1.29 is 44.0 Å². The molecule has 4 saturated carbocycles. The van der Waals surface area contributed by atoms with Crippen LogP contribution in [-0.2, 0) is 23.9 Å². The van der Waals surface area contributed by atoms with Gasteiger partial charge in [-0.3, -0.25) is 19.3 Å². The van der Waals surface area contributed by atoms with E-state index in [1.807, 2.05) is 0 Å². The number of aliphatic hydroxyl groups is 2. The van der Waals surface area contributed by atoms with Gasteiger partial charge in [-0.2, -0.15) is 0 Å². The van der Waals surface area contributed by atoms with Gasteiger partial charge in [0, 0.05) is 18.5 Å². The van der Waals surface area contributed by atoms with Crippen LogP contribution in [0, 0.1) is 46.3 Å². The summed E-state index contributed by atoms with van der Waals surface area (Å²) in [6, 6.07) is -1.99. The molecule has 4 unspecified atom stereocenters. The number of likely N-dealkylation sites (tertiary alicyclic amines) is 1. The normalized spacial score (nSPS) is 29.5. The summed E-state index contributed by atoms with van der Waals surface area (Å²) in [5, 5.41) is 34.4. The molecule has 10 atom stereocenters. The smallest absolute Gasteiger partial charge is 0.411 e. The molecule has 11 N–H and O–H groups in total. The number of aliphatic hydroxyl groups excluding tert-OH is 2. The van der Waals surface area contributed by atoms with Crippen molar-refractivity contribution in [1.29, 1.82) is 0 Å². The molecule has 2 saturated heterocycles. The van der Waals surface area contributed by atoms with Gasteiger partial charge in [-0.1, -0.05) is 68.2 Å². The third-order valence-corrected chi connectivity index (χ3v) is 11.7. The van der Waals surface area contributed by atoms with E-state index in [2.05, 4.69) is 38.3 Å². The van der Waals surface area contributed by atoms with Crippen molar-refractivity contribution >= 4 is 54.6 Å². The molecule has 0 radical (unpaired) electrons. The molecule has 54 heavy (non-hydrogen) atoms. The number of carbonyl (C=O) groups is 5. The van der Waals surface area contributed by atoms with Gasteiger partial charge < -0.3 is 47.9 Å². The minimum Gasteiger partial charge on any atom is -0.480 e. The van der Waals surface area contributed by atoms with Crippen molar-refractivity contribution in [2.24, 2.45) is 63.5 Å². The Hall–Kier alpha value is -2.43. The molecule has 6 rings (SSSR count). The molecule has 0 aromatic carbocycles. The third kappa shape index (κ3) is 12.3. The summed E-state index contributed by atoms with van der Waals surface area (Å²) in [5.41, 5.74) is 15.2. The van der Waals surface area contributed by atoms with Crippen molar-refractivity contribution in [3.05, 3.63) is 0 Å². The largest absolute Gasteiger partial charge is 0.480 e. The number of fused-ring (bicyclic) bond motifs is 2. The van der Waals surface area contributed by atoms with E-state index in [1.165, 1.54) is 17.7 Å². The minimum atomic E-state index is -1.31. The molecule has 0 bridgehead atoms. The number of nitrogens with one attached hydrogen (secondary N) is 2. The van der Waals surface area contributed by atoms with Gasteiger partial charge in [0.1, 0.15) is 17.7 Å². The molecule has 4 aliphatic carbocycles. The van der Waals surface area contributed by atoms with Crippen LogP contribution in [0.25, 0.3) is 0 Å². The van der Waals surface area contributed by atoms with E-state index >= 15 is 0 Å². The zero-order chi connectivity index (χ0) is 37.7. The van der Waals surface area contributed by atoms with Gasteiger partial charge in [0.2, 0.25) is 17.7 Å². The summed E-state index contributed by atoms with van der Waals surface area (Å²) in [4.78, 5) is 58.9. The van der Waals surface area contributed by atoms with E-state index in [-0.39, 0.29) is 74.3 Å². The Balaban J connectivity index is 0.000000785. The van der Waals surface area contributed by atoms with Crippen LogP contribution >= 0.6 is 24.8 Å². The number of carboxylic acid groups (broad SMARTS) is 1. The van der Waals surface area contributed by atoms with Crippen molar-refractivity contribution in [3.63, 3.8) is 0 Å². The molecule has 0 aromatic rings. The van der Waals surface area contributed by atoms with E-state index in [9.17, 15) is 34.2 Å². The van der Waals surface area contributed by atoms with Gasteiger partial charge in [-0.25, -0.2) is 9.59 Å². The Labute approximate surface area is 333 Å². The number of nitrogens with zero attached hydrogens (tertiary/aromatic N) is 1. The highest BCUT2D eigenvalue weighted by Gasteiger charge is 2.70. The highest BCUT2D eigenvalue weighted by molar-refractivity contribution is 5.86. The molecular weight excluding hydrogens is 743 g/mol. The van der Waals surface area contributed by atoms with Crippen LogP contribution in [0.1, 0.15) is 102 Å². The van der Waals surface area contributed by atoms with Crippen molar-refractivity contribution in [2.75, 3.05) is 13.1 Å². The first kappa shape index (κ1) is 51.6. The first-order chi connectivity index (χ1) is 23.0. The van der Waals surface area contributed by atoms with Crippen LogP contribution < -0.4 is 27.8 Å². The van der Waals surface area contributed by atoms with E-state index in [0.717, 1.165) is 19.4 Å². The lowest BCUT2D eigenvalue weighted by molar-refractivity contribution is -0.143. The second-order valence-electron chi connectivity index (χ2n) is 17.5. The summed E-state index contributed by atoms with van der Waals surface area (Å²) >= 11 is 0. The number of piperidine rings is 2. The number of carboxylic acids is 1. The number of amides is 4. The van der Waals surface area contributed by atoms with E-state index in [1.54, 1.807) is 20.8 Å². The maximum absolute atomic E-state index is 12.5. The Morgan fingerprint density at radius 3 is 1.74 bits per heavy atom. The van der Waals surface area contributed by atoms with E-state index in [4.69, 9.17) is 27.0 Å². The zero-order valence-electron chi connectivity index (χ0n) is 31.4. The SMILES string of the molecule is C.C.CC(C)(C)OC(=O)N1C[C@H]2[C@@H]([C@H]1C(=O)O)C2(C)C.CC1(C)[C@@H]2[C@@H](C(=O)NC(CC3CC3)C(O)C(N)=O)NC[C@@H]21.Cl.Cl.NC(=O)C(O)C(N)CC1CC1. The van der Waals surface area contributed by atoms with Crippen LogP contribution in [-0.4, -0.2) is 105 Å². The molecule has 17 heteroatoms. The first-order valence-corrected chi connectivity index (χ1v) is 18.0. The number of hydrogen-bond acceptors (Lipinski definition) is 10. The second kappa shape index (κ2) is 19.1. The number of carbonyl (C=O) groups excluding carboxylic acids is 4. The Morgan fingerprint density at radius 2 is 1.33 bits per heavy atom. The molecular formula is C37H70Cl2N6O9. The highest BCUT2D eigenvalue weighted by Crippen LogP contribution is 2.65. The number of primary amides is 2. The molecule has 15 nitrogen and oxygen atoms in total. The summed E-state index contributed by atoms with van der Waals surface area (Å²) < 4.78 is 5.26. The lowest BCUT2D eigenvalue weighted by atomic mass is 10.00. The number of nitrogens with two attached hydrogens (primary N) is 3. The Bertz CT molecular complexity index is 1320. The molecule has 4 amide bonds. The van der Waals surface area contributed by atoms with Gasteiger partial charge in [0.05, 0.1) is 12.1 Å². The maximum atomic E-state index is 12.5. The maximum Gasteiger partial charge on any atom is 0.411 e. The fraction of sp³-hybridized carbons (Fsp3) is 0.865. The number of ether oxygens (including phenoxy) is 1. The lowest BCUT2D eigenvalue weighted by Crippen LogP contribution is -2.54. The monoisotopic (exact) mass is 812 g/mol. The van der Waals surface area contributed by atoms with Crippen LogP contribution in [0.15, 0.2) is 0 Å². The molecule has 316 valence electrons. The fourth-order valence-corrected chi connectivity index (χ4v) is 8.08. The molecule has 6 aliphatic rings. The zero-order valence-corrected chi connectivity index (χ0v) is 33.0. The van der Waals surface area contributed by atoms with Gasteiger partial charge >= 0.3 is 12.1 Å². The summed E-state index contributed by atoms with van der Waals surface area (Å²) in [7, 11) is 0. The first-order valence-electron chi connectivity index (χ1n) is 18.0. The van der Waals surface area contributed by atoms with Crippen LogP contribution in [0.2, 0.25) is 0 Å². The predicted molar refractivity (Wildman–Crippen MR) is 211 cm³/mol. The van der Waals surface area contributed by atoms with E-state index < -0.39 is 59.8 Å². The number of hydrogen-bond donors (Lipinski definition) is 8. The molecule has 2 heterocycles. The summed E-state index contributed by atoms with van der Waals surface area (Å²) in [5.74, 6) is -0.194. The molecule has 2 aliphatic heterocycles. The van der Waals surface area contributed by atoms with Crippen LogP contribution in [0.5, 0.6) is 0 Å². The topological polar surface area (TPSA) is 261 Å². The van der Waals surface area contributed by atoms with Crippen molar-refractivity contribution in [1.82, 2.24) is 15.5 Å². The average Bonchev–Trinajstić information content (AvgIpc) is 3.97. The standard InChI is InChI=1S/C15H25N3O3.C13H21NO4.C7H14N2O2.2CH4.2ClH/c1-15(2)8-6-17-11(10(8)15)14(21)18-9(5-7-3-4-7)12(19)13(16)20;1-12(2,3)18-11(17)14-6-7-8(13(7,4)5)9(14)10(15)16;8-5(3-4-1-2-4)6(10)7(9)11;;;;/h7-12,17,19H,3-6H2,1-2H3,(H2,16,20)(H,18,21);7-9H,6H2,1-5H3,(H,15,16);4-6,10H,1-3,8H2,(H2,9,11);2*1H4;2*1H/t8-,9?,10-,11-,12?;7-,8-,9-;;;;;/m00...../s1. The van der Waals surface area contributed by atoms with E-state index in [0.29, 0.717) is 43.1 Å². The minimum absolute atomic E-state index is 0. The van der Waals surface area contributed by atoms with Gasteiger partial charge in [0.15, 0.2) is 6.10 Å². The van der Waals surface area contributed by atoms with Crippen LogP contribution in [0.3, 0.4) is 0 Å². The van der Waals surface area contributed by atoms with Gasteiger partial charge in [-0.05, 0) is 80.6 Å². The number of rotatable bonds is 11. The molecule has 0 spiro atoms. The average molecular weight is 814 g/mol. The fourth-order valence-electron chi connectivity index (χ4n) is 8.08. The lowest BCUT2D eigenvalue weighted by Gasteiger charge is -2.30.